The van der Waals surface area contributed by atoms with Crippen LogP contribution < -0.4 is 0 Å². The van der Waals surface area contributed by atoms with Gasteiger partial charge in [-0.05, 0) is 6.42 Å². The van der Waals surface area contributed by atoms with Crippen molar-refractivity contribution in [1.82, 2.24) is 4.90 Å². The van der Waals surface area contributed by atoms with Crippen LogP contribution in [-0.2, 0) is 19.1 Å². The molecular formula is C9H17NO4. The monoisotopic (exact) mass is 203 g/mol. The molecule has 0 saturated carbocycles. The van der Waals surface area contributed by atoms with E-state index in [1.165, 1.54) is 19.1 Å². The standard InChI is InChI=1S/C9H17NO4/c1-4-5-10(6-9(12)14-3)8(11)7-13-2/h4-7H2,1-3H3. The number of rotatable bonds is 6. The number of hydrogen-bond donors (Lipinski definition) is 0. The Labute approximate surface area is 84.0 Å². The van der Waals surface area contributed by atoms with Crippen molar-refractivity contribution in [3.8, 4) is 0 Å². The fourth-order valence-electron chi connectivity index (χ4n) is 0.997. The van der Waals surface area contributed by atoms with E-state index >= 15 is 0 Å². The minimum atomic E-state index is -0.414. The van der Waals surface area contributed by atoms with Gasteiger partial charge in [0.25, 0.3) is 0 Å². The van der Waals surface area contributed by atoms with Crippen molar-refractivity contribution >= 4 is 11.9 Å². The molecule has 0 saturated heterocycles. The Morgan fingerprint density at radius 1 is 1.29 bits per heavy atom. The molecule has 0 aromatic carbocycles. The third kappa shape index (κ3) is 4.81. The van der Waals surface area contributed by atoms with E-state index < -0.39 is 5.97 Å². The smallest absolute Gasteiger partial charge is 0.325 e. The summed E-state index contributed by atoms with van der Waals surface area (Å²) in [4.78, 5) is 23.8. The second-order valence-electron chi connectivity index (χ2n) is 2.82. The summed E-state index contributed by atoms with van der Waals surface area (Å²) in [5.74, 6) is -0.609. The zero-order valence-corrected chi connectivity index (χ0v) is 8.91. The van der Waals surface area contributed by atoms with Gasteiger partial charge in [-0.15, -0.1) is 0 Å². The molecule has 0 aliphatic heterocycles. The van der Waals surface area contributed by atoms with E-state index in [4.69, 9.17) is 4.74 Å². The van der Waals surface area contributed by atoms with E-state index in [1.807, 2.05) is 6.92 Å². The molecule has 0 aromatic heterocycles. The summed E-state index contributed by atoms with van der Waals surface area (Å²) in [5.41, 5.74) is 0. The van der Waals surface area contributed by atoms with Gasteiger partial charge in [-0.1, -0.05) is 6.92 Å². The van der Waals surface area contributed by atoms with Gasteiger partial charge in [-0.25, -0.2) is 0 Å². The predicted molar refractivity (Wildman–Crippen MR) is 50.8 cm³/mol. The molecule has 5 heteroatoms. The van der Waals surface area contributed by atoms with Crippen LogP contribution in [0.1, 0.15) is 13.3 Å². The van der Waals surface area contributed by atoms with Crippen molar-refractivity contribution in [2.75, 3.05) is 33.9 Å². The average Bonchev–Trinajstić information content (AvgIpc) is 2.17. The van der Waals surface area contributed by atoms with E-state index in [1.54, 1.807) is 0 Å². The molecule has 0 aliphatic rings. The highest BCUT2D eigenvalue weighted by Crippen LogP contribution is 1.94. The summed E-state index contributed by atoms with van der Waals surface area (Å²) in [7, 11) is 2.74. The van der Waals surface area contributed by atoms with Gasteiger partial charge in [0.15, 0.2) is 0 Å². The first kappa shape index (κ1) is 12.9. The predicted octanol–water partition coefficient (Wildman–Crippen LogP) is 0.0444. The number of amides is 1. The lowest BCUT2D eigenvalue weighted by atomic mass is 10.4. The summed E-state index contributed by atoms with van der Waals surface area (Å²) in [5, 5.41) is 0. The largest absolute Gasteiger partial charge is 0.468 e. The molecule has 82 valence electrons. The van der Waals surface area contributed by atoms with Crippen LogP contribution in [0, 0.1) is 0 Å². The minimum Gasteiger partial charge on any atom is -0.468 e. The highest BCUT2D eigenvalue weighted by Gasteiger charge is 2.15. The molecule has 0 bridgehead atoms. The van der Waals surface area contributed by atoms with Crippen LogP contribution >= 0.6 is 0 Å². The van der Waals surface area contributed by atoms with Crippen LogP contribution in [0.4, 0.5) is 0 Å². The van der Waals surface area contributed by atoms with Gasteiger partial charge >= 0.3 is 5.97 Å². The van der Waals surface area contributed by atoms with Crippen molar-refractivity contribution in [1.29, 1.82) is 0 Å². The highest BCUT2D eigenvalue weighted by atomic mass is 16.5. The number of hydrogen-bond acceptors (Lipinski definition) is 4. The molecule has 0 spiro atoms. The van der Waals surface area contributed by atoms with Gasteiger partial charge < -0.3 is 14.4 Å². The molecule has 1 amide bonds. The fourth-order valence-corrected chi connectivity index (χ4v) is 0.997. The topological polar surface area (TPSA) is 55.8 Å². The molecule has 14 heavy (non-hydrogen) atoms. The molecular weight excluding hydrogens is 186 g/mol. The van der Waals surface area contributed by atoms with Crippen LogP contribution in [0.15, 0.2) is 0 Å². The lowest BCUT2D eigenvalue weighted by molar-refractivity contribution is -0.148. The van der Waals surface area contributed by atoms with E-state index in [9.17, 15) is 9.59 Å². The quantitative estimate of drug-likeness (QED) is 0.572. The second-order valence-corrected chi connectivity index (χ2v) is 2.82. The molecule has 0 heterocycles. The van der Waals surface area contributed by atoms with Crippen LogP contribution in [0.5, 0.6) is 0 Å². The molecule has 0 fully saturated rings. The zero-order chi connectivity index (χ0) is 11.0. The van der Waals surface area contributed by atoms with Crippen molar-refractivity contribution in [2.24, 2.45) is 0 Å². The van der Waals surface area contributed by atoms with Crippen molar-refractivity contribution < 1.29 is 19.1 Å². The Morgan fingerprint density at radius 3 is 2.36 bits per heavy atom. The number of carbonyl (C=O) groups excluding carboxylic acids is 2. The van der Waals surface area contributed by atoms with Gasteiger partial charge in [0.05, 0.1) is 7.11 Å². The number of methoxy groups -OCH3 is 2. The lowest BCUT2D eigenvalue weighted by Crippen LogP contribution is -2.38. The fraction of sp³-hybridized carbons (Fsp3) is 0.778. The number of nitrogens with zero attached hydrogens (tertiary/aromatic N) is 1. The Morgan fingerprint density at radius 2 is 1.93 bits per heavy atom. The van der Waals surface area contributed by atoms with Crippen LogP contribution in [-0.4, -0.2) is 50.7 Å². The summed E-state index contributed by atoms with van der Waals surface area (Å²) in [6, 6.07) is 0. The van der Waals surface area contributed by atoms with Crippen molar-refractivity contribution in [3.05, 3.63) is 0 Å². The van der Waals surface area contributed by atoms with Crippen LogP contribution in [0.25, 0.3) is 0 Å². The van der Waals surface area contributed by atoms with Gasteiger partial charge in [-0.3, -0.25) is 9.59 Å². The zero-order valence-electron chi connectivity index (χ0n) is 8.91. The van der Waals surface area contributed by atoms with Gasteiger partial charge in [0, 0.05) is 13.7 Å². The summed E-state index contributed by atoms with van der Waals surface area (Å²) in [6.07, 6.45) is 0.798. The normalized spacial score (nSPS) is 9.64. The SMILES string of the molecule is CCCN(CC(=O)OC)C(=O)COC. The maximum Gasteiger partial charge on any atom is 0.325 e. The van der Waals surface area contributed by atoms with E-state index in [-0.39, 0.29) is 19.1 Å². The number of ether oxygens (including phenoxy) is 2. The summed E-state index contributed by atoms with van der Waals surface area (Å²) in [6.45, 7) is 2.46. The Bertz CT molecular complexity index is 193. The Kier molecular flexibility index (Phi) is 6.74. The average molecular weight is 203 g/mol. The first-order valence-corrected chi connectivity index (χ1v) is 4.49. The van der Waals surface area contributed by atoms with E-state index in [0.29, 0.717) is 6.54 Å². The van der Waals surface area contributed by atoms with E-state index in [2.05, 4.69) is 4.74 Å². The first-order valence-electron chi connectivity index (χ1n) is 4.49. The molecule has 0 radical (unpaired) electrons. The third-order valence-corrected chi connectivity index (χ3v) is 1.66. The van der Waals surface area contributed by atoms with Crippen molar-refractivity contribution in [3.63, 3.8) is 0 Å². The molecule has 0 atom stereocenters. The first-order chi connectivity index (χ1) is 6.65. The lowest BCUT2D eigenvalue weighted by Gasteiger charge is -2.19. The van der Waals surface area contributed by atoms with Gasteiger partial charge in [0.1, 0.15) is 13.2 Å². The van der Waals surface area contributed by atoms with Crippen molar-refractivity contribution in [2.45, 2.75) is 13.3 Å². The van der Waals surface area contributed by atoms with Crippen LogP contribution in [0.3, 0.4) is 0 Å². The third-order valence-electron chi connectivity index (χ3n) is 1.66. The molecule has 5 nitrogen and oxygen atoms in total. The van der Waals surface area contributed by atoms with Gasteiger partial charge in [-0.2, -0.15) is 0 Å². The maximum atomic E-state index is 11.4. The minimum absolute atomic E-state index is 0.00298. The molecule has 0 aromatic rings. The number of carbonyl (C=O) groups is 2. The maximum absolute atomic E-state index is 11.4. The van der Waals surface area contributed by atoms with Gasteiger partial charge in [0.2, 0.25) is 5.91 Å². The number of esters is 1. The molecule has 0 N–H and O–H groups in total. The molecule has 0 unspecified atom stereocenters. The highest BCUT2D eigenvalue weighted by molar-refractivity contribution is 5.82. The van der Waals surface area contributed by atoms with E-state index in [0.717, 1.165) is 6.42 Å². The second kappa shape index (κ2) is 7.32. The molecule has 0 rings (SSSR count). The summed E-state index contributed by atoms with van der Waals surface area (Å²) >= 11 is 0. The Hall–Kier alpha value is -1.10. The summed E-state index contributed by atoms with van der Waals surface area (Å²) < 4.78 is 9.18. The molecule has 0 aliphatic carbocycles. The Balaban J connectivity index is 4.13. The van der Waals surface area contributed by atoms with Crippen LogP contribution in [0.2, 0.25) is 0 Å².